The molecule has 0 heterocycles. The largest absolute Gasteiger partial charge is 0.508 e. The van der Waals surface area contributed by atoms with E-state index in [0.29, 0.717) is 12.0 Å². The molecule has 4 nitrogen and oxygen atoms in total. The van der Waals surface area contributed by atoms with Gasteiger partial charge in [0.1, 0.15) is 11.4 Å². The average molecular weight is 251 g/mol. The summed E-state index contributed by atoms with van der Waals surface area (Å²) in [6.45, 7) is 7.38. The lowest BCUT2D eigenvalue weighted by molar-refractivity contribution is 0.0502. The van der Waals surface area contributed by atoms with Gasteiger partial charge in [-0.2, -0.15) is 0 Å². The molecule has 0 bridgehead atoms. The van der Waals surface area contributed by atoms with Gasteiger partial charge in [0, 0.05) is 5.56 Å². The summed E-state index contributed by atoms with van der Waals surface area (Å²) in [7, 11) is 0. The zero-order valence-electron chi connectivity index (χ0n) is 11.4. The van der Waals surface area contributed by atoms with Crippen molar-refractivity contribution in [2.45, 2.75) is 45.8 Å². The highest BCUT2D eigenvalue weighted by Crippen LogP contribution is 2.26. The van der Waals surface area contributed by atoms with Gasteiger partial charge in [-0.3, -0.25) is 0 Å². The summed E-state index contributed by atoms with van der Waals surface area (Å²) < 4.78 is 5.20. The smallest absolute Gasteiger partial charge is 0.408 e. The maximum absolute atomic E-state index is 11.7. The van der Waals surface area contributed by atoms with Gasteiger partial charge in [0.25, 0.3) is 0 Å². The van der Waals surface area contributed by atoms with Gasteiger partial charge >= 0.3 is 6.09 Å². The number of hydrogen-bond donors (Lipinski definition) is 2. The molecule has 100 valence electrons. The Kier molecular flexibility index (Phi) is 4.59. The molecule has 0 aliphatic rings. The molecule has 18 heavy (non-hydrogen) atoms. The molecule has 2 N–H and O–H groups in total. The molecule has 1 amide bonds. The minimum Gasteiger partial charge on any atom is -0.508 e. The molecule has 0 radical (unpaired) electrons. The van der Waals surface area contributed by atoms with E-state index in [2.05, 4.69) is 5.32 Å². The van der Waals surface area contributed by atoms with Crippen LogP contribution in [-0.4, -0.2) is 16.8 Å². The number of benzene rings is 1. The van der Waals surface area contributed by atoms with Crippen molar-refractivity contribution in [3.63, 3.8) is 0 Å². The van der Waals surface area contributed by atoms with Gasteiger partial charge in [-0.05, 0) is 33.3 Å². The maximum Gasteiger partial charge on any atom is 0.408 e. The lowest BCUT2D eigenvalue weighted by Crippen LogP contribution is -2.34. The van der Waals surface area contributed by atoms with E-state index in [1.54, 1.807) is 18.2 Å². The van der Waals surface area contributed by atoms with Crippen LogP contribution in [0.4, 0.5) is 4.79 Å². The van der Waals surface area contributed by atoms with Crippen molar-refractivity contribution in [3.05, 3.63) is 29.8 Å². The Hall–Kier alpha value is -1.71. The lowest BCUT2D eigenvalue weighted by Gasteiger charge is -2.23. The first-order chi connectivity index (χ1) is 8.33. The van der Waals surface area contributed by atoms with Crippen molar-refractivity contribution in [3.8, 4) is 5.75 Å². The van der Waals surface area contributed by atoms with E-state index in [9.17, 15) is 9.90 Å². The van der Waals surface area contributed by atoms with Crippen LogP contribution < -0.4 is 5.32 Å². The molecule has 0 unspecified atom stereocenters. The normalized spacial score (nSPS) is 12.9. The van der Waals surface area contributed by atoms with Crippen LogP contribution in [0.3, 0.4) is 0 Å². The number of rotatable bonds is 3. The number of aromatic hydroxyl groups is 1. The molecule has 0 aromatic heterocycles. The number of nitrogens with one attached hydrogen (secondary N) is 1. The summed E-state index contributed by atoms with van der Waals surface area (Å²) in [5, 5.41) is 12.5. The van der Waals surface area contributed by atoms with Crippen molar-refractivity contribution >= 4 is 6.09 Å². The Bertz CT molecular complexity index is 410. The van der Waals surface area contributed by atoms with E-state index in [0.717, 1.165) is 0 Å². The summed E-state index contributed by atoms with van der Waals surface area (Å²) in [5.41, 5.74) is 0.173. The number of ether oxygens (including phenoxy) is 1. The van der Waals surface area contributed by atoms with Crippen LogP contribution in [0.15, 0.2) is 24.3 Å². The predicted octanol–water partition coefficient (Wildman–Crippen LogP) is 3.37. The third kappa shape index (κ3) is 4.28. The number of amides is 1. The summed E-state index contributed by atoms with van der Waals surface area (Å²) in [5.74, 6) is 0.181. The highest BCUT2D eigenvalue weighted by atomic mass is 16.6. The van der Waals surface area contributed by atoms with Crippen molar-refractivity contribution in [2.24, 2.45) is 0 Å². The van der Waals surface area contributed by atoms with E-state index in [1.165, 1.54) is 0 Å². The Morgan fingerprint density at radius 2 is 2.00 bits per heavy atom. The van der Waals surface area contributed by atoms with Crippen LogP contribution in [0, 0.1) is 0 Å². The molecule has 0 aliphatic heterocycles. The Morgan fingerprint density at radius 1 is 1.39 bits per heavy atom. The van der Waals surface area contributed by atoms with Crippen LogP contribution in [0.1, 0.15) is 45.7 Å². The second-order valence-corrected chi connectivity index (χ2v) is 5.17. The highest BCUT2D eigenvalue weighted by Gasteiger charge is 2.20. The third-order valence-corrected chi connectivity index (χ3v) is 2.41. The van der Waals surface area contributed by atoms with Gasteiger partial charge in [0.05, 0.1) is 6.04 Å². The number of carbonyl (C=O) groups is 1. The highest BCUT2D eigenvalue weighted by molar-refractivity contribution is 5.68. The fourth-order valence-electron chi connectivity index (χ4n) is 1.63. The van der Waals surface area contributed by atoms with Crippen molar-refractivity contribution in [1.29, 1.82) is 0 Å². The molecular formula is C14H21NO3. The van der Waals surface area contributed by atoms with Crippen molar-refractivity contribution < 1.29 is 14.6 Å². The summed E-state index contributed by atoms with van der Waals surface area (Å²) in [6.07, 6.45) is 0.203. The zero-order chi connectivity index (χ0) is 13.8. The van der Waals surface area contributed by atoms with Gasteiger partial charge in [0.15, 0.2) is 0 Å². The standard InChI is InChI=1S/C14H21NO3/c1-5-11(10-8-6-7-9-12(10)16)15-13(17)18-14(2,3)4/h6-9,11,16H,5H2,1-4H3,(H,15,17)/t11-/m1/s1. The van der Waals surface area contributed by atoms with Gasteiger partial charge in [-0.25, -0.2) is 4.79 Å². The van der Waals surface area contributed by atoms with Crippen LogP contribution >= 0.6 is 0 Å². The van der Waals surface area contributed by atoms with Crippen molar-refractivity contribution in [1.82, 2.24) is 5.32 Å². The molecule has 1 aromatic rings. The molecule has 0 fully saturated rings. The van der Waals surface area contributed by atoms with E-state index >= 15 is 0 Å². The number of alkyl carbamates (subject to hydrolysis) is 1. The number of para-hydroxylation sites is 1. The molecule has 1 rings (SSSR count). The quantitative estimate of drug-likeness (QED) is 0.866. The lowest BCUT2D eigenvalue weighted by atomic mass is 10.0. The minimum absolute atomic E-state index is 0.181. The molecule has 0 aliphatic carbocycles. The van der Waals surface area contributed by atoms with Crippen LogP contribution in [0.5, 0.6) is 5.75 Å². The van der Waals surface area contributed by atoms with Crippen LogP contribution in [0.2, 0.25) is 0 Å². The average Bonchev–Trinajstić information content (AvgIpc) is 2.24. The van der Waals surface area contributed by atoms with E-state index in [1.807, 2.05) is 33.8 Å². The van der Waals surface area contributed by atoms with Crippen molar-refractivity contribution in [2.75, 3.05) is 0 Å². The number of carbonyl (C=O) groups excluding carboxylic acids is 1. The molecule has 0 saturated heterocycles. The first-order valence-corrected chi connectivity index (χ1v) is 6.11. The molecule has 1 atom stereocenters. The van der Waals surface area contributed by atoms with Gasteiger partial charge in [-0.15, -0.1) is 0 Å². The molecule has 0 saturated carbocycles. The molecule has 1 aromatic carbocycles. The Balaban J connectivity index is 2.74. The van der Waals surface area contributed by atoms with E-state index in [-0.39, 0.29) is 11.8 Å². The summed E-state index contributed by atoms with van der Waals surface area (Å²) >= 11 is 0. The maximum atomic E-state index is 11.7. The van der Waals surface area contributed by atoms with Gasteiger partial charge in [-0.1, -0.05) is 25.1 Å². The zero-order valence-corrected chi connectivity index (χ0v) is 11.4. The second kappa shape index (κ2) is 5.76. The Labute approximate surface area is 108 Å². The van der Waals surface area contributed by atoms with E-state index < -0.39 is 11.7 Å². The molecule has 4 heteroatoms. The fraction of sp³-hybridized carbons (Fsp3) is 0.500. The Morgan fingerprint density at radius 3 is 2.50 bits per heavy atom. The number of hydrogen-bond acceptors (Lipinski definition) is 3. The minimum atomic E-state index is -0.527. The predicted molar refractivity (Wildman–Crippen MR) is 70.5 cm³/mol. The van der Waals surface area contributed by atoms with Crippen LogP contribution in [0.25, 0.3) is 0 Å². The molecular weight excluding hydrogens is 230 g/mol. The summed E-state index contributed by atoms with van der Waals surface area (Å²) in [6, 6.07) is 6.73. The third-order valence-electron chi connectivity index (χ3n) is 2.41. The first-order valence-electron chi connectivity index (χ1n) is 6.11. The number of phenolic OH excluding ortho intramolecular Hbond substituents is 1. The van der Waals surface area contributed by atoms with Gasteiger partial charge < -0.3 is 15.2 Å². The number of phenols is 1. The van der Waals surface area contributed by atoms with Crippen LogP contribution in [-0.2, 0) is 4.74 Å². The second-order valence-electron chi connectivity index (χ2n) is 5.17. The topological polar surface area (TPSA) is 58.6 Å². The first kappa shape index (κ1) is 14.4. The monoisotopic (exact) mass is 251 g/mol. The fourth-order valence-corrected chi connectivity index (χ4v) is 1.63. The SMILES string of the molecule is CC[C@@H](NC(=O)OC(C)(C)C)c1ccccc1O. The summed E-state index contributed by atoms with van der Waals surface area (Å²) in [4.78, 5) is 11.7. The van der Waals surface area contributed by atoms with Gasteiger partial charge in [0.2, 0.25) is 0 Å². The van der Waals surface area contributed by atoms with E-state index in [4.69, 9.17) is 4.74 Å². The molecule has 0 spiro atoms.